The topological polar surface area (TPSA) is 34.0 Å². The van der Waals surface area contributed by atoms with Crippen molar-refractivity contribution in [1.82, 2.24) is 14.8 Å². The van der Waals surface area contributed by atoms with E-state index in [0.29, 0.717) is 6.04 Å². The summed E-state index contributed by atoms with van der Waals surface area (Å²) in [6.07, 6.45) is 8.28. The molecule has 0 spiro atoms. The molecular formula is C15H20N4. The van der Waals surface area contributed by atoms with Crippen LogP contribution < -0.4 is 4.90 Å². The first kappa shape index (κ1) is 12.2. The molecule has 0 aromatic carbocycles. The lowest BCUT2D eigenvalue weighted by atomic mass is 10.0. The molecule has 2 aromatic heterocycles. The zero-order valence-corrected chi connectivity index (χ0v) is 11.8. The standard InChI is InChI=1S/C15H20N4/c1-11(2)19-6-4-5-12-7-14(16-9-15(12)19)13-8-17-18(3)10-13/h7-11H,4-6H2,1-3H3. The second kappa shape index (κ2) is 4.68. The van der Waals surface area contributed by atoms with E-state index in [-0.39, 0.29) is 0 Å². The van der Waals surface area contributed by atoms with Gasteiger partial charge in [0.25, 0.3) is 0 Å². The van der Waals surface area contributed by atoms with Crippen LogP contribution in [0.15, 0.2) is 24.7 Å². The Labute approximate surface area is 114 Å². The van der Waals surface area contributed by atoms with E-state index in [1.54, 1.807) is 0 Å². The Morgan fingerprint density at radius 2 is 2.11 bits per heavy atom. The summed E-state index contributed by atoms with van der Waals surface area (Å²) >= 11 is 0. The molecule has 1 aliphatic heterocycles. The first-order valence-electron chi connectivity index (χ1n) is 6.90. The highest BCUT2D eigenvalue weighted by Crippen LogP contribution is 2.30. The summed E-state index contributed by atoms with van der Waals surface area (Å²) in [4.78, 5) is 7.06. The van der Waals surface area contributed by atoms with Crippen molar-refractivity contribution in [3.05, 3.63) is 30.2 Å². The maximum Gasteiger partial charge on any atom is 0.0737 e. The molecule has 0 fully saturated rings. The van der Waals surface area contributed by atoms with E-state index in [0.717, 1.165) is 24.2 Å². The summed E-state index contributed by atoms with van der Waals surface area (Å²) < 4.78 is 1.82. The Kier molecular flexibility index (Phi) is 3.01. The SMILES string of the molecule is CC(C)N1CCCc2cc(-c3cnn(C)c3)ncc21. The molecule has 3 rings (SSSR count). The van der Waals surface area contributed by atoms with Gasteiger partial charge in [-0.25, -0.2) is 0 Å². The lowest BCUT2D eigenvalue weighted by Gasteiger charge is -2.34. The van der Waals surface area contributed by atoms with Crippen molar-refractivity contribution in [3.63, 3.8) is 0 Å². The first-order valence-corrected chi connectivity index (χ1v) is 6.90. The molecule has 0 atom stereocenters. The summed E-state index contributed by atoms with van der Waals surface area (Å²) in [5, 5.41) is 4.21. The number of pyridine rings is 1. The normalized spacial score (nSPS) is 14.8. The minimum Gasteiger partial charge on any atom is -0.368 e. The molecule has 4 heteroatoms. The Morgan fingerprint density at radius 3 is 2.79 bits per heavy atom. The summed E-state index contributed by atoms with van der Waals surface area (Å²) in [6, 6.07) is 2.76. The summed E-state index contributed by atoms with van der Waals surface area (Å²) in [5.41, 5.74) is 4.83. The molecule has 100 valence electrons. The van der Waals surface area contributed by atoms with Crippen molar-refractivity contribution in [2.45, 2.75) is 32.7 Å². The van der Waals surface area contributed by atoms with Crippen molar-refractivity contribution in [2.75, 3.05) is 11.4 Å². The van der Waals surface area contributed by atoms with Gasteiger partial charge in [0.15, 0.2) is 0 Å². The van der Waals surface area contributed by atoms with Gasteiger partial charge in [0.2, 0.25) is 0 Å². The highest BCUT2D eigenvalue weighted by molar-refractivity contribution is 5.64. The van der Waals surface area contributed by atoms with Crippen LogP contribution in [0.4, 0.5) is 5.69 Å². The van der Waals surface area contributed by atoms with Gasteiger partial charge in [-0.3, -0.25) is 9.67 Å². The molecule has 1 aliphatic rings. The number of fused-ring (bicyclic) bond motifs is 1. The van der Waals surface area contributed by atoms with Crippen molar-refractivity contribution in [3.8, 4) is 11.3 Å². The molecule has 3 heterocycles. The van der Waals surface area contributed by atoms with E-state index < -0.39 is 0 Å². The van der Waals surface area contributed by atoms with Crippen LogP contribution in [0.3, 0.4) is 0 Å². The van der Waals surface area contributed by atoms with E-state index in [2.05, 4.69) is 34.9 Å². The number of aryl methyl sites for hydroxylation is 2. The second-order valence-corrected chi connectivity index (χ2v) is 5.49. The van der Waals surface area contributed by atoms with Gasteiger partial charge in [-0.05, 0) is 38.3 Å². The third kappa shape index (κ3) is 2.23. The molecule has 19 heavy (non-hydrogen) atoms. The van der Waals surface area contributed by atoms with Gasteiger partial charge in [0.05, 0.1) is 23.8 Å². The summed E-state index contributed by atoms with van der Waals surface area (Å²) in [7, 11) is 1.93. The van der Waals surface area contributed by atoms with Gasteiger partial charge in [0, 0.05) is 31.4 Å². The van der Waals surface area contributed by atoms with Gasteiger partial charge in [0.1, 0.15) is 0 Å². The fourth-order valence-electron chi connectivity index (χ4n) is 2.76. The molecule has 0 bridgehead atoms. The van der Waals surface area contributed by atoms with E-state index in [4.69, 9.17) is 0 Å². The average molecular weight is 256 g/mol. The predicted octanol–water partition coefficient (Wildman–Crippen LogP) is 2.64. The summed E-state index contributed by atoms with van der Waals surface area (Å²) in [5.74, 6) is 0. The molecule has 4 nitrogen and oxygen atoms in total. The maximum absolute atomic E-state index is 4.61. The number of aromatic nitrogens is 3. The molecule has 2 aromatic rings. The van der Waals surface area contributed by atoms with E-state index >= 15 is 0 Å². The van der Waals surface area contributed by atoms with Gasteiger partial charge in [-0.2, -0.15) is 5.10 Å². The fourth-order valence-corrected chi connectivity index (χ4v) is 2.76. The minimum atomic E-state index is 0.532. The molecule has 0 N–H and O–H groups in total. The zero-order chi connectivity index (χ0) is 13.4. The van der Waals surface area contributed by atoms with E-state index in [1.807, 2.05) is 30.3 Å². The van der Waals surface area contributed by atoms with Crippen LogP contribution in [0.25, 0.3) is 11.3 Å². The molecule has 0 saturated carbocycles. The lowest BCUT2D eigenvalue weighted by molar-refractivity contribution is 0.624. The quantitative estimate of drug-likeness (QED) is 0.828. The zero-order valence-electron chi connectivity index (χ0n) is 11.8. The third-order valence-corrected chi connectivity index (χ3v) is 3.74. The van der Waals surface area contributed by atoms with Gasteiger partial charge in [-0.15, -0.1) is 0 Å². The minimum absolute atomic E-state index is 0.532. The van der Waals surface area contributed by atoms with Crippen LogP contribution in [-0.2, 0) is 13.5 Å². The largest absolute Gasteiger partial charge is 0.368 e. The predicted molar refractivity (Wildman–Crippen MR) is 77.2 cm³/mol. The van der Waals surface area contributed by atoms with Crippen LogP contribution in [-0.4, -0.2) is 27.4 Å². The van der Waals surface area contributed by atoms with E-state index in [1.165, 1.54) is 17.7 Å². The van der Waals surface area contributed by atoms with Crippen molar-refractivity contribution >= 4 is 5.69 Å². The van der Waals surface area contributed by atoms with Crippen LogP contribution in [0.1, 0.15) is 25.8 Å². The molecule has 0 amide bonds. The molecular weight excluding hydrogens is 236 g/mol. The van der Waals surface area contributed by atoms with Crippen LogP contribution in [0, 0.1) is 0 Å². The molecule has 0 saturated heterocycles. The number of anilines is 1. The Morgan fingerprint density at radius 1 is 1.26 bits per heavy atom. The number of rotatable bonds is 2. The van der Waals surface area contributed by atoms with Gasteiger partial charge in [-0.1, -0.05) is 0 Å². The molecule has 0 radical (unpaired) electrons. The molecule has 0 unspecified atom stereocenters. The highest BCUT2D eigenvalue weighted by atomic mass is 15.2. The van der Waals surface area contributed by atoms with Crippen molar-refractivity contribution in [1.29, 1.82) is 0 Å². The number of hydrogen-bond acceptors (Lipinski definition) is 3. The Balaban J connectivity index is 2.00. The van der Waals surface area contributed by atoms with Crippen LogP contribution in [0.5, 0.6) is 0 Å². The monoisotopic (exact) mass is 256 g/mol. The number of hydrogen-bond donors (Lipinski definition) is 0. The lowest BCUT2D eigenvalue weighted by Crippen LogP contribution is -2.35. The van der Waals surface area contributed by atoms with Crippen LogP contribution >= 0.6 is 0 Å². The van der Waals surface area contributed by atoms with Crippen LogP contribution in [0.2, 0.25) is 0 Å². The summed E-state index contributed by atoms with van der Waals surface area (Å²) in [6.45, 7) is 5.62. The molecule has 0 aliphatic carbocycles. The smallest absolute Gasteiger partial charge is 0.0737 e. The second-order valence-electron chi connectivity index (χ2n) is 5.49. The maximum atomic E-state index is 4.61. The van der Waals surface area contributed by atoms with Gasteiger partial charge >= 0.3 is 0 Å². The first-order chi connectivity index (χ1) is 9.15. The fraction of sp³-hybridized carbons (Fsp3) is 0.467. The Bertz CT molecular complexity index is 586. The van der Waals surface area contributed by atoms with Crippen molar-refractivity contribution < 1.29 is 0 Å². The average Bonchev–Trinajstić information content (AvgIpc) is 2.84. The van der Waals surface area contributed by atoms with E-state index in [9.17, 15) is 0 Å². The highest BCUT2D eigenvalue weighted by Gasteiger charge is 2.20. The van der Waals surface area contributed by atoms with Gasteiger partial charge < -0.3 is 4.90 Å². The van der Waals surface area contributed by atoms with Crippen molar-refractivity contribution in [2.24, 2.45) is 7.05 Å². The Hall–Kier alpha value is -1.84. The third-order valence-electron chi connectivity index (χ3n) is 3.74. The number of nitrogens with zero attached hydrogens (tertiary/aromatic N) is 4.